The quantitative estimate of drug-likeness (QED) is 0.885. The predicted octanol–water partition coefficient (Wildman–Crippen LogP) is 2.84. The van der Waals surface area contributed by atoms with Crippen LogP contribution in [0.15, 0.2) is 30.3 Å². The highest BCUT2D eigenvalue weighted by atomic mass is 16.2. The van der Waals surface area contributed by atoms with Gasteiger partial charge in [0, 0.05) is 30.5 Å². The lowest BCUT2D eigenvalue weighted by Gasteiger charge is -2.31. The molecule has 1 aromatic heterocycles. The number of anilines is 2. The Bertz CT molecular complexity index is 933. The molecule has 0 unspecified atom stereocenters. The van der Waals surface area contributed by atoms with Crippen molar-refractivity contribution >= 4 is 17.4 Å². The average Bonchev–Trinajstić information content (AvgIpc) is 3.03. The number of carbonyl (C=O) groups excluding carboxylic acids is 1. The van der Waals surface area contributed by atoms with Gasteiger partial charge in [0.05, 0.1) is 5.56 Å². The van der Waals surface area contributed by atoms with E-state index >= 15 is 0 Å². The Hall–Kier alpha value is -2.91. The van der Waals surface area contributed by atoms with Crippen LogP contribution in [0.2, 0.25) is 0 Å². The Morgan fingerprint density at radius 3 is 2.75 bits per heavy atom. The van der Waals surface area contributed by atoms with E-state index in [1.807, 2.05) is 62.9 Å². The molecule has 0 radical (unpaired) electrons. The number of amides is 1. The molecular formula is C22H27N5O. The average molecular weight is 377 g/mol. The van der Waals surface area contributed by atoms with E-state index in [4.69, 9.17) is 5.73 Å². The highest BCUT2D eigenvalue weighted by Gasteiger charge is 2.39. The molecule has 28 heavy (non-hydrogen) atoms. The number of pyridine rings is 1. The molecule has 6 nitrogen and oxygen atoms in total. The zero-order valence-electron chi connectivity index (χ0n) is 16.9. The fraction of sp³-hybridized carbons (Fsp3) is 0.409. The molecule has 1 aliphatic rings. The fourth-order valence-corrected chi connectivity index (χ4v) is 3.94. The highest BCUT2D eigenvalue weighted by Crippen LogP contribution is 2.30. The summed E-state index contributed by atoms with van der Waals surface area (Å²) in [5.41, 5.74) is 10.4. The molecule has 0 spiro atoms. The van der Waals surface area contributed by atoms with Gasteiger partial charge >= 0.3 is 0 Å². The van der Waals surface area contributed by atoms with Gasteiger partial charge in [0.25, 0.3) is 0 Å². The number of nitrogens with zero attached hydrogens (tertiary/aromatic N) is 4. The molecule has 0 aliphatic carbocycles. The first kappa shape index (κ1) is 19.8. The van der Waals surface area contributed by atoms with Crippen molar-refractivity contribution in [2.45, 2.75) is 46.2 Å². The van der Waals surface area contributed by atoms with E-state index in [2.05, 4.69) is 11.1 Å². The van der Waals surface area contributed by atoms with E-state index in [1.165, 1.54) is 0 Å². The van der Waals surface area contributed by atoms with E-state index in [0.717, 1.165) is 22.5 Å². The first-order valence-electron chi connectivity index (χ1n) is 9.64. The molecule has 3 rings (SSSR count). The minimum atomic E-state index is -0.434. The van der Waals surface area contributed by atoms with Gasteiger partial charge in [-0.25, -0.2) is 4.98 Å². The highest BCUT2D eigenvalue weighted by molar-refractivity contribution is 5.99. The molecule has 1 fully saturated rings. The third kappa shape index (κ3) is 3.71. The van der Waals surface area contributed by atoms with Crippen molar-refractivity contribution in [3.05, 3.63) is 52.7 Å². The maximum atomic E-state index is 13.5. The van der Waals surface area contributed by atoms with Gasteiger partial charge in [-0.1, -0.05) is 12.1 Å². The van der Waals surface area contributed by atoms with Crippen molar-refractivity contribution in [1.82, 2.24) is 4.98 Å². The summed E-state index contributed by atoms with van der Waals surface area (Å²) in [6, 6.07) is 11.5. The Balaban J connectivity index is 2.01. The zero-order valence-corrected chi connectivity index (χ0v) is 16.9. The minimum absolute atomic E-state index is 0.00843. The molecule has 2 N–H and O–H groups in total. The minimum Gasteiger partial charge on any atom is -0.342 e. The van der Waals surface area contributed by atoms with Crippen LogP contribution in [0, 0.1) is 32.1 Å². The largest absolute Gasteiger partial charge is 0.342 e. The summed E-state index contributed by atoms with van der Waals surface area (Å²) < 4.78 is 0. The third-order valence-electron chi connectivity index (χ3n) is 5.22. The van der Waals surface area contributed by atoms with Crippen molar-refractivity contribution in [2.24, 2.45) is 5.73 Å². The normalized spacial score (nSPS) is 18.8. The van der Waals surface area contributed by atoms with Gasteiger partial charge in [0.15, 0.2) is 0 Å². The van der Waals surface area contributed by atoms with Crippen LogP contribution >= 0.6 is 0 Å². The van der Waals surface area contributed by atoms with Crippen LogP contribution in [0.1, 0.15) is 35.7 Å². The number of benzene rings is 1. The summed E-state index contributed by atoms with van der Waals surface area (Å²) in [5.74, 6) is 0.553. The lowest BCUT2D eigenvalue weighted by Crippen LogP contribution is -2.46. The van der Waals surface area contributed by atoms with Crippen molar-refractivity contribution in [3.63, 3.8) is 0 Å². The molecule has 2 atom stereocenters. The van der Waals surface area contributed by atoms with Crippen LogP contribution in [-0.4, -0.2) is 36.1 Å². The fourth-order valence-electron chi connectivity index (χ4n) is 3.94. The van der Waals surface area contributed by atoms with Gasteiger partial charge in [-0.2, -0.15) is 5.26 Å². The predicted molar refractivity (Wildman–Crippen MR) is 111 cm³/mol. The summed E-state index contributed by atoms with van der Waals surface area (Å²) in [6.07, 6.45) is 0.542. The molecule has 1 amide bonds. The lowest BCUT2D eigenvalue weighted by atomic mass is 10.1. The van der Waals surface area contributed by atoms with Gasteiger partial charge in [-0.05, 0) is 63.4 Å². The van der Waals surface area contributed by atoms with Gasteiger partial charge < -0.3 is 15.5 Å². The Morgan fingerprint density at radius 1 is 1.36 bits per heavy atom. The number of rotatable bonds is 4. The smallest absolute Gasteiger partial charge is 0.249 e. The monoisotopic (exact) mass is 377 g/mol. The Morgan fingerprint density at radius 2 is 2.11 bits per heavy atom. The van der Waals surface area contributed by atoms with Gasteiger partial charge in [0.2, 0.25) is 5.91 Å². The standard InChI is InChI=1S/C22H27N5O/c1-5-26(18-8-6-7-14(2)9-18)22(28)20-11-17(24)13-27(20)21-19(12-23)15(3)10-16(4)25-21/h6-10,17,20H,5,11,13,24H2,1-4H3/t17-,20-/m0/s1. The number of likely N-dealkylation sites (N-methyl/N-ethyl adjacent to an activating group) is 1. The first-order valence-corrected chi connectivity index (χ1v) is 9.64. The first-order chi connectivity index (χ1) is 13.3. The van der Waals surface area contributed by atoms with E-state index in [0.29, 0.717) is 30.9 Å². The van der Waals surface area contributed by atoms with Crippen molar-refractivity contribution in [3.8, 4) is 6.07 Å². The number of hydrogen-bond donors (Lipinski definition) is 1. The number of aromatic nitrogens is 1. The summed E-state index contributed by atoms with van der Waals surface area (Å²) in [4.78, 5) is 21.8. The second kappa shape index (κ2) is 7.99. The molecule has 1 aliphatic heterocycles. The number of carbonyl (C=O) groups is 1. The SMILES string of the molecule is CCN(C(=O)[C@@H]1C[C@H](N)CN1c1nc(C)cc(C)c1C#N)c1cccc(C)c1. The lowest BCUT2D eigenvalue weighted by molar-refractivity contribution is -0.119. The van der Waals surface area contributed by atoms with Gasteiger partial charge in [-0.15, -0.1) is 0 Å². The molecule has 6 heteroatoms. The van der Waals surface area contributed by atoms with Crippen LogP contribution in [0.25, 0.3) is 0 Å². The molecule has 146 valence electrons. The van der Waals surface area contributed by atoms with E-state index < -0.39 is 6.04 Å². The molecule has 1 saturated heterocycles. The van der Waals surface area contributed by atoms with Crippen LogP contribution in [0.4, 0.5) is 11.5 Å². The Kier molecular flexibility index (Phi) is 5.66. The third-order valence-corrected chi connectivity index (χ3v) is 5.22. The molecule has 0 bridgehead atoms. The second-order valence-corrected chi connectivity index (χ2v) is 7.48. The van der Waals surface area contributed by atoms with Crippen LogP contribution in [0.5, 0.6) is 0 Å². The van der Waals surface area contributed by atoms with Crippen LogP contribution in [0.3, 0.4) is 0 Å². The Labute approximate surface area is 166 Å². The molecule has 1 aromatic carbocycles. The van der Waals surface area contributed by atoms with Crippen LogP contribution < -0.4 is 15.5 Å². The summed E-state index contributed by atoms with van der Waals surface area (Å²) in [5, 5.41) is 9.66. The van der Waals surface area contributed by atoms with Gasteiger partial charge in [-0.3, -0.25) is 4.79 Å². The van der Waals surface area contributed by atoms with Crippen LogP contribution in [-0.2, 0) is 4.79 Å². The van der Waals surface area contributed by atoms with Crippen molar-refractivity contribution < 1.29 is 4.79 Å². The number of nitriles is 1. The second-order valence-electron chi connectivity index (χ2n) is 7.48. The maximum Gasteiger partial charge on any atom is 0.249 e. The van der Waals surface area contributed by atoms with Crippen molar-refractivity contribution in [1.29, 1.82) is 5.26 Å². The topological polar surface area (TPSA) is 86.2 Å². The van der Waals surface area contributed by atoms with E-state index in [-0.39, 0.29) is 11.9 Å². The zero-order chi connectivity index (χ0) is 20.4. The summed E-state index contributed by atoms with van der Waals surface area (Å²) >= 11 is 0. The molecule has 0 saturated carbocycles. The number of nitrogens with two attached hydrogens (primary N) is 1. The number of aryl methyl sites for hydroxylation is 3. The maximum absolute atomic E-state index is 13.5. The van der Waals surface area contributed by atoms with Crippen molar-refractivity contribution in [2.75, 3.05) is 22.9 Å². The summed E-state index contributed by atoms with van der Waals surface area (Å²) in [6.45, 7) is 8.84. The molecule has 2 heterocycles. The van der Waals surface area contributed by atoms with E-state index in [1.54, 1.807) is 4.90 Å². The van der Waals surface area contributed by atoms with E-state index in [9.17, 15) is 10.1 Å². The molecule has 2 aromatic rings. The molecular weight excluding hydrogens is 350 g/mol. The number of hydrogen-bond acceptors (Lipinski definition) is 5. The summed E-state index contributed by atoms with van der Waals surface area (Å²) in [7, 11) is 0. The van der Waals surface area contributed by atoms with Gasteiger partial charge in [0.1, 0.15) is 17.9 Å².